The van der Waals surface area contributed by atoms with Crippen LogP contribution in [0.15, 0.2) is 59.5 Å². The molecule has 3 rings (SSSR count). The molecule has 29 heavy (non-hydrogen) atoms. The summed E-state index contributed by atoms with van der Waals surface area (Å²) in [5, 5.41) is 2.46. The van der Waals surface area contributed by atoms with Crippen molar-refractivity contribution in [3.05, 3.63) is 60.2 Å². The zero-order valence-corrected chi connectivity index (χ0v) is 16.6. The molecule has 1 fully saturated rings. The second kappa shape index (κ2) is 9.43. The van der Waals surface area contributed by atoms with Gasteiger partial charge in [-0.2, -0.15) is 8.78 Å². The smallest absolute Gasteiger partial charge is 0.324 e. The van der Waals surface area contributed by atoms with Crippen molar-refractivity contribution in [2.45, 2.75) is 17.2 Å². The number of halogens is 2. The summed E-state index contributed by atoms with van der Waals surface area (Å²) in [6.07, 6.45) is 0. The first-order chi connectivity index (χ1) is 13.9. The fourth-order valence-electron chi connectivity index (χ4n) is 3.25. The number of anilines is 1. The van der Waals surface area contributed by atoms with E-state index in [2.05, 4.69) is 22.3 Å². The Hall–Kier alpha value is -2.36. The Labute approximate surface area is 169 Å². The molecule has 0 radical (unpaired) electrons. The van der Waals surface area contributed by atoms with Crippen LogP contribution in [0.2, 0.25) is 0 Å². The molecule has 1 saturated heterocycles. The van der Waals surface area contributed by atoms with Gasteiger partial charge in [0.15, 0.2) is 0 Å². The number of para-hydroxylation sites is 1. The number of hydrogen-bond donors (Lipinski definition) is 1. The summed E-state index contributed by atoms with van der Waals surface area (Å²) in [7, 11) is -4.79. The summed E-state index contributed by atoms with van der Waals surface area (Å²) in [4.78, 5) is 16.0. The van der Waals surface area contributed by atoms with Gasteiger partial charge in [0.1, 0.15) is 0 Å². The highest BCUT2D eigenvalue weighted by Gasteiger charge is 2.29. The molecular formula is C20H23F2N3O3S. The van der Waals surface area contributed by atoms with Crippen LogP contribution in [-0.4, -0.2) is 62.6 Å². The second-order valence-electron chi connectivity index (χ2n) is 6.89. The van der Waals surface area contributed by atoms with Crippen molar-refractivity contribution in [3.63, 3.8) is 0 Å². The van der Waals surface area contributed by atoms with E-state index in [9.17, 15) is 22.0 Å². The van der Waals surface area contributed by atoms with E-state index in [0.29, 0.717) is 13.1 Å². The van der Waals surface area contributed by atoms with Gasteiger partial charge in [-0.25, -0.2) is 8.42 Å². The van der Waals surface area contributed by atoms with Crippen LogP contribution in [-0.2, 0) is 21.2 Å². The molecule has 1 N–H and O–H groups in total. The second-order valence-corrected chi connectivity index (χ2v) is 8.77. The normalized spacial score (nSPS) is 16.1. The van der Waals surface area contributed by atoms with Gasteiger partial charge in [-0.05, 0) is 17.7 Å². The molecule has 0 spiro atoms. The van der Waals surface area contributed by atoms with Gasteiger partial charge in [-0.15, -0.1) is 0 Å². The molecule has 156 valence electrons. The largest absolute Gasteiger partial charge is 0.341 e. The topological polar surface area (TPSA) is 69.7 Å². The van der Waals surface area contributed by atoms with Gasteiger partial charge >= 0.3 is 5.76 Å². The fourth-order valence-corrected chi connectivity index (χ4v) is 4.14. The van der Waals surface area contributed by atoms with E-state index in [-0.39, 0.29) is 12.2 Å². The van der Waals surface area contributed by atoms with Gasteiger partial charge in [-0.3, -0.25) is 14.6 Å². The maximum atomic E-state index is 12.9. The number of hydrogen-bond acceptors (Lipinski definition) is 5. The lowest BCUT2D eigenvalue weighted by atomic mass is 10.2. The Bertz CT molecular complexity index is 931. The van der Waals surface area contributed by atoms with E-state index in [4.69, 9.17) is 0 Å². The highest BCUT2D eigenvalue weighted by Crippen LogP contribution is 2.26. The molecule has 2 aromatic rings. The molecule has 1 amide bonds. The van der Waals surface area contributed by atoms with E-state index in [1.807, 2.05) is 23.1 Å². The predicted molar refractivity (Wildman–Crippen MR) is 106 cm³/mol. The van der Waals surface area contributed by atoms with Gasteiger partial charge < -0.3 is 5.32 Å². The Morgan fingerprint density at radius 2 is 1.52 bits per heavy atom. The van der Waals surface area contributed by atoms with Crippen LogP contribution in [0.25, 0.3) is 0 Å². The van der Waals surface area contributed by atoms with E-state index in [1.54, 1.807) is 0 Å². The zero-order valence-electron chi connectivity index (χ0n) is 15.8. The van der Waals surface area contributed by atoms with Crippen molar-refractivity contribution in [3.8, 4) is 0 Å². The van der Waals surface area contributed by atoms with Crippen molar-refractivity contribution in [1.29, 1.82) is 0 Å². The summed E-state index contributed by atoms with van der Waals surface area (Å²) >= 11 is 0. The Morgan fingerprint density at radius 3 is 2.17 bits per heavy atom. The minimum Gasteiger partial charge on any atom is -0.324 e. The molecule has 9 heteroatoms. The first-order valence-electron chi connectivity index (χ1n) is 9.26. The van der Waals surface area contributed by atoms with Gasteiger partial charge in [0.05, 0.1) is 17.1 Å². The number of amides is 1. The van der Waals surface area contributed by atoms with Crippen molar-refractivity contribution in [2.24, 2.45) is 0 Å². The average molecular weight is 423 g/mol. The first-order valence-corrected chi connectivity index (χ1v) is 10.8. The molecule has 0 atom stereocenters. The van der Waals surface area contributed by atoms with Crippen molar-refractivity contribution in [1.82, 2.24) is 9.80 Å². The molecule has 0 aliphatic carbocycles. The number of nitrogens with one attached hydrogen (secondary N) is 1. The van der Waals surface area contributed by atoms with Crippen molar-refractivity contribution in [2.75, 3.05) is 38.0 Å². The molecule has 0 unspecified atom stereocenters. The lowest BCUT2D eigenvalue weighted by molar-refractivity contribution is -0.117. The third kappa shape index (κ3) is 5.59. The van der Waals surface area contributed by atoms with Crippen molar-refractivity contribution >= 4 is 21.4 Å². The lowest BCUT2D eigenvalue weighted by Gasteiger charge is -2.34. The highest BCUT2D eigenvalue weighted by atomic mass is 32.2. The first kappa shape index (κ1) is 21.4. The Kier molecular flexibility index (Phi) is 6.94. The van der Waals surface area contributed by atoms with Crippen LogP contribution in [0.1, 0.15) is 5.56 Å². The third-order valence-electron chi connectivity index (χ3n) is 4.78. The van der Waals surface area contributed by atoms with E-state index >= 15 is 0 Å². The fraction of sp³-hybridized carbons (Fsp3) is 0.350. The van der Waals surface area contributed by atoms with Crippen LogP contribution in [0.3, 0.4) is 0 Å². The molecule has 0 aromatic heterocycles. The summed E-state index contributed by atoms with van der Waals surface area (Å²) in [5.74, 6) is -3.98. The van der Waals surface area contributed by atoms with Crippen LogP contribution >= 0.6 is 0 Å². The SMILES string of the molecule is O=C(CN1CCN(Cc2ccccc2)CC1)Nc1ccccc1S(=O)(=O)C(F)F. The van der Waals surface area contributed by atoms with E-state index < -0.39 is 26.4 Å². The molecular weight excluding hydrogens is 400 g/mol. The number of rotatable bonds is 7. The number of carbonyl (C=O) groups is 1. The molecule has 1 heterocycles. The summed E-state index contributed by atoms with van der Waals surface area (Å²) in [6, 6.07) is 15.3. The van der Waals surface area contributed by atoms with Crippen LogP contribution in [0.4, 0.5) is 14.5 Å². The lowest BCUT2D eigenvalue weighted by Crippen LogP contribution is -2.48. The molecule has 1 aliphatic rings. The predicted octanol–water partition coefficient (Wildman–Crippen LogP) is 2.44. The molecule has 0 saturated carbocycles. The number of alkyl halides is 2. The van der Waals surface area contributed by atoms with E-state index in [1.165, 1.54) is 23.8 Å². The van der Waals surface area contributed by atoms with Gasteiger partial charge in [0.2, 0.25) is 15.7 Å². The number of nitrogens with zero attached hydrogens (tertiary/aromatic N) is 2. The van der Waals surface area contributed by atoms with Gasteiger partial charge in [-0.1, -0.05) is 42.5 Å². The highest BCUT2D eigenvalue weighted by molar-refractivity contribution is 7.91. The molecule has 2 aromatic carbocycles. The van der Waals surface area contributed by atoms with Gasteiger partial charge in [0, 0.05) is 32.7 Å². The number of carbonyl (C=O) groups excluding carboxylic acids is 1. The number of piperazine rings is 1. The maximum Gasteiger partial charge on any atom is 0.341 e. The monoisotopic (exact) mass is 423 g/mol. The Balaban J connectivity index is 1.54. The summed E-state index contributed by atoms with van der Waals surface area (Å²) in [5.41, 5.74) is 1.11. The minimum absolute atomic E-state index is 0.0717. The Morgan fingerprint density at radius 1 is 0.931 bits per heavy atom. The van der Waals surface area contributed by atoms with Crippen LogP contribution < -0.4 is 5.32 Å². The number of sulfone groups is 1. The minimum atomic E-state index is -4.79. The zero-order chi connectivity index (χ0) is 20.9. The van der Waals surface area contributed by atoms with E-state index in [0.717, 1.165) is 25.7 Å². The summed E-state index contributed by atoms with van der Waals surface area (Å²) < 4.78 is 49.3. The summed E-state index contributed by atoms with van der Waals surface area (Å²) in [6.45, 7) is 3.91. The van der Waals surface area contributed by atoms with Crippen LogP contribution in [0.5, 0.6) is 0 Å². The third-order valence-corrected chi connectivity index (χ3v) is 6.22. The maximum absolute atomic E-state index is 12.9. The van der Waals surface area contributed by atoms with Crippen LogP contribution in [0, 0.1) is 0 Å². The molecule has 0 bridgehead atoms. The molecule has 6 nitrogen and oxygen atoms in total. The number of benzene rings is 2. The quantitative estimate of drug-likeness (QED) is 0.741. The molecule has 1 aliphatic heterocycles. The standard InChI is InChI=1S/C20H23F2N3O3S/c21-20(22)29(27,28)18-9-5-4-8-17(18)23-19(26)15-25-12-10-24(11-13-25)14-16-6-2-1-3-7-16/h1-9,20H,10-15H2,(H,23,26). The average Bonchev–Trinajstić information content (AvgIpc) is 2.70. The van der Waals surface area contributed by atoms with Gasteiger partial charge in [0.25, 0.3) is 0 Å². The van der Waals surface area contributed by atoms with Crippen molar-refractivity contribution < 1.29 is 22.0 Å².